The molecule has 10 heteroatoms. The Labute approximate surface area is 96.3 Å². The highest BCUT2D eigenvalue weighted by atomic mass is 32.2. The van der Waals surface area contributed by atoms with Crippen LogP contribution >= 0.6 is 0 Å². The summed E-state index contributed by atoms with van der Waals surface area (Å²) >= 11 is 0. The van der Waals surface area contributed by atoms with Gasteiger partial charge in [0.25, 0.3) is 0 Å². The standard InChI is InChI=1S/C7H6N3O5S2/c8-16(11,12)4-1-2-5-6(3-4)10-7(9-5)17(13,14)15/h1-3H,(H3-,8,9,10,11,12,13,14,15)/q-1/p-1. The summed E-state index contributed by atoms with van der Waals surface area (Å²) in [6, 6.07) is 3.36. The second kappa shape index (κ2) is 3.50. The Kier molecular flexibility index (Phi) is 2.47. The zero-order valence-electron chi connectivity index (χ0n) is 8.04. The Hall–Kier alpha value is -1.49. The third kappa shape index (κ3) is 2.29. The van der Waals surface area contributed by atoms with Crippen molar-refractivity contribution in [2.45, 2.75) is 10.1 Å². The molecule has 0 atom stereocenters. The average molecular weight is 275 g/mol. The first kappa shape index (κ1) is 12.0. The quantitative estimate of drug-likeness (QED) is 0.775. The number of nitrogens with one attached hydrogen (secondary N) is 2. The molecule has 0 saturated carbocycles. The van der Waals surface area contributed by atoms with E-state index in [1.54, 1.807) is 0 Å². The van der Waals surface area contributed by atoms with Crippen LogP contribution < -0.4 is 0 Å². The van der Waals surface area contributed by atoms with Crippen molar-refractivity contribution in [3.63, 3.8) is 0 Å². The molecule has 2 N–H and O–H groups in total. The molecule has 0 radical (unpaired) electrons. The van der Waals surface area contributed by atoms with E-state index in [0.29, 0.717) is 0 Å². The van der Waals surface area contributed by atoms with E-state index in [0.717, 1.165) is 12.1 Å². The Bertz CT molecular complexity index is 760. The van der Waals surface area contributed by atoms with E-state index in [4.69, 9.17) is 5.14 Å². The van der Waals surface area contributed by atoms with Gasteiger partial charge in [-0.2, -0.15) is 0 Å². The Morgan fingerprint density at radius 2 is 1.88 bits per heavy atom. The third-order valence-electron chi connectivity index (χ3n) is 1.98. The number of fused-ring (bicyclic) bond motifs is 1. The van der Waals surface area contributed by atoms with Crippen LogP contribution in [0.3, 0.4) is 0 Å². The van der Waals surface area contributed by atoms with Crippen molar-refractivity contribution in [2.24, 2.45) is 0 Å². The minimum absolute atomic E-state index is 0.0627. The maximum atomic E-state index is 10.9. The summed E-state index contributed by atoms with van der Waals surface area (Å²) in [6.45, 7) is 0. The van der Waals surface area contributed by atoms with Crippen LogP contribution in [-0.4, -0.2) is 31.4 Å². The van der Waals surface area contributed by atoms with Gasteiger partial charge >= 0.3 is 0 Å². The van der Waals surface area contributed by atoms with Gasteiger partial charge in [-0.15, -0.1) is 0 Å². The molecule has 0 saturated heterocycles. The smallest absolute Gasteiger partial charge is 0.213 e. The number of rotatable bonds is 2. The van der Waals surface area contributed by atoms with Gasteiger partial charge in [-0.25, -0.2) is 21.8 Å². The molecular weight excluding hydrogens is 270 g/mol. The van der Waals surface area contributed by atoms with Crippen molar-refractivity contribution in [2.75, 3.05) is 0 Å². The van der Waals surface area contributed by atoms with E-state index < -0.39 is 25.3 Å². The highest BCUT2D eigenvalue weighted by Crippen LogP contribution is 2.19. The average Bonchev–Trinajstić information content (AvgIpc) is 2.57. The van der Waals surface area contributed by atoms with Gasteiger partial charge in [0.1, 0.15) is 0 Å². The van der Waals surface area contributed by atoms with Crippen LogP contribution in [0.5, 0.6) is 0 Å². The molecule has 0 spiro atoms. The molecule has 8 nitrogen and oxygen atoms in total. The van der Waals surface area contributed by atoms with Crippen LogP contribution in [0, 0.1) is 0 Å². The second-order valence-electron chi connectivity index (χ2n) is 3.18. The molecule has 17 heavy (non-hydrogen) atoms. The predicted octanol–water partition coefficient (Wildman–Crippen LogP) is 0.208. The topological polar surface area (TPSA) is 144 Å². The molecule has 92 valence electrons. The van der Waals surface area contributed by atoms with Gasteiger partial charge in [-0.3, -0.25) is 0 Å². The summed E-state index contributed by atoms with van der Waals surface area (Å²) in [7, 11) is -8.87. The molecule has 0 aliphatic heterocycles. The molecule has 1 aromatic carbocycles. The van der Waals surface area contributed by atoms with E-state index in [2.05, 4.69) is 9.97 Å². The van der Waals surface area contributed by atoms with Crippen LogP contribution in [0.4, 0.5) is 0 Å². The fourth-order valence-corrected chi connectivity index (χ4v) is 2.22. The number of aromatic nitrogens is 2. The lowest BCUT2D eigenvalue weighted by atomic mass is 10.3. The van der Waals surface area contributed by atoms with E-state index in [1.807, 2.05) is 0 Å². The van der Waals surface area contributed by atoms with Crippen LogP contribution in [0.2, 0.25) is 0 Å². The highest BCUT2D eigenvalue weighted by Gasteiger charge is 2.10. The Balaban J connectivity index is 2.73. The van der Waals surface area contributed by atoms with Gasteiger partial charge in [0.15, 0.2) is 10.1 Å². The monoisotopic (exact) mass is 275 g/mol. The number of aromatic amines is 1. The first-order valence-electron chi connectivity index (χ1n) is 4.13. The summed E-state index contributed by atoms with van der Waals surface area (Å²) in [6.07, 6.45) is 0. The number of nitrogens with zero attached hydrogens (tertiary/aromatic N) is 1. The van der Waals surface area contributed by atoms with Gasteiger partial charge in [0.05, 0.1) is 26.0 Å². The zero-order chi connectivity index (χ0) is 12.8. The maximum Gasteiger partial charge on any atom is 0.213 e. The fourth-order valence-electron chi connectivity index (χ4n) is 1.25. The third-order valence-corrected chi connectivity index (χ3v) is 3.52. The summed E-state index contributed by atoms with van der Waals surface area (Å²) in [5.74, 6) is 0. The molecule has 0 aliphatic rings. The largest absolute Gasteiger partial charge is 0.742 e. The molecule has 0 unspecified atom stereocenters. The van der Waals surface area contributed by atoms with Crippen molar-refractivity contribution in [1.82, 2.24) is 9.97 Å². The Morgan fingerprint density at radius 3 is 2.41 bits per heavy atom. The fraction of sp³-hybridized carbons (Fsp3) is 0. The zero-order valence-corrected chi connectivity index (χ0v) is 9.67. The summed E-state index contributed by atoms with van der Waals surface area (Å²) < 4.78 is 53.9. The Morgan fingerprint density at radius 1 is 1.24 bits per heavy atom. The molecule has 2 aromatic rings. The van der Waals surface area contributed by atoms with E-state index in [1.165, 1.54) is 6.07 Å². The van der Waals surface area contributed by atoms with Crippen molar-refractivity contribution in [3.05, 3.63) is 23.3 Å². The van der Waals surface area contributed by atoms with Crippen molar-refractivity contribution < 1.29 is 21.4 Å². The van der Waals surface area contributed by atoms with Gasteiger partial charge in [0.2, 0.25) is 5.16 Å². The summed E-state index contributed by atoms with van der Waals surface area (Å²) in [5.41, 5.74) is 0.194. The molecule has 1 aromatic heterocycles. The lowest BCUT2D eigenvalue weighted by Gasteiger charge is -2.03. The number of hydrogen-bond acceptors (Lipinski definition) is 6. The predicted molar refractivity (Wildman–Crippen MR) is 55.6 cm³/mol. The minimum atomic E-state index is -4.73. The number of imidazole rings is 1. The molecule has 0 bridgehead atoms. The SMILES string of the molecule is [NH-]S(=O)(=O)c1ccc2nc(S(=O)(=O)[O-])[nH]c2c1. The summed E-state index contributed by atoms with van der Waals surface area (Å²) in [5, 5.41) is 6.05. The van der Waals surface area contributed by atoms with Crippen LogP contribution in [-0.2, 0) is 20.1 Å². The molecule has 0 amide bonds. The number of H-pyrrole nitrogens is 1. The highest BCUT2D eigenvalue weighted by molar-refractivity contribution is 7.93. The lowest BCUT2D eigenvalue weighted by molar-refractivity contribution is 0.456. The molecule has 1 heterocycles. The molecule has 2 rings (SSSR count). The van der Waals surface area contributed by atoms with Crippen LogP contribution in [0.15, 0.2) is 28.3 Å². The van der Waals surface area contributed by atoms with Gasteiger partial charge in [0, 0.05) is 0 Å². The number of benzene rings is 1. The molecule has 0 fully saturated rings. The van der Waals surface area contributed by atoms with Crippen LogP contribution in [0.25, 0.3) is 16.2 Å². The lowest BCUT2D eigenvalue weighted by Crippen LogP contribution is -2.00. The second-order valence-corrected chi connectivity index (χ2v) is 5.95. The molecule has 0 aliphatic carbocycles. The van der Waals surface area contributed by atoms with Crippen molar-refractivity contribution >= 4 is 31.2 Å². The van der Waals surface area contributed by atoms with Gasteiger partial charge < -0.3 is 14.7 Å². The van der Waals surface area contributed by atoms with Crippen LogP contribution in [0.1, 0.15) is 0 Å². The maximum absolute atomic E-state index is 10.9. The van der Waals surface area contributed by atoms with Gasteiger partial charge in [-0.05, 0) is 18.2 Å². The van der Waals surface area contributed by atoms with Gasteiger partial charge in [-0.1, -0.05) is 0 Å². The number of sulfonamides is 1. The first-order chi connectivity index (χ1) is 7.68. The summed E-state index contributed by atoms with van der Waals surface area (Å²) in [4.78, 5) is 5.37. The normalized spacial score (nSPS) is 13.1. The first-order valence-corrected chi connectivity index (χ1v) is 7.02. The van der Waals surface area contributed by atoms with Crippen molar-refractivity contribution in [1.29, 1.82) is 0 Å². The minimum Gasteiger partial charge on any atom is -0.742 e. The van der Waals surface area contributed by atoms with E-state index in [9.17, 15) is 21.4 Å². The van der Waals surface area contributed by atoms with Crippen molar-refractivity contribution in [3.8, 4) is 0 Å². The van der Waals surface area contributed by atoms with E-state index >= 15 is 0 Å². The molecular formula is C7H5N3O5S2-2. The van der Waals surface area contributed by atoms with E-state index in [-0.39, 0.29) is 15.9 Å². The number of hydrogen-bond donors (Lipinski definition) is 1.